The summed E-state index contributed by atoms with van der Waals surface area (Å²) >= 11 is 0. The van der Waals surface area contributed by atoms with Crippen LogP contribution in [0.1, 0.15) is 402 Å². The summed E-state index contributed by atoms with van der Waals surface area (Å²) in [6, 6.07) is 0. The van der Waals surface area contributed by atoms with Crippen LogP contribution >= 0.6 is 15.6 Å². The van der Waals surface area contributed by atoms with Crippen molar-refractivity contribution in [3.05, 3.63) is 0 Å². The molecule has 0 aromatic rings. The molecule has 19 heteroatoms. The van der Waals surface area contributed by atoms with Crippen molar-refractivity contribution in [3.63, 3.8) is 0 Å². The predicted molar refractivity (Wildman–Crippen MR) is 400 cm³/mol. The number of carbonyl (C=O) groups excluding carboxylic acids is 4. The van der Waals surface area contributed by atoms with Crippen molar-refractivity contribution >= 4 is 39.5 Å². The molecule has 0 aromatic carbocycles. The molecule has 0 saturated heterocycles. The van der Waals surface area contributed by atoms with E-state index in [4.69, 9.17) is 37.0 Å². The van der Waals surface area contributed by atoms with Gasteiger partial charge in [0.1, 0.15) is 19.3 Å². The monoisotopic (exact) mass is 1440 g/mol. The van der Waals surface area contributed by atoms with E-state index in [-0.39, 0.29) is 25.7 Å². The van der Waals surface area contributed by atoms with Crippen LogP contribution in [0.4, 0.5) is 0 Å². The zero-order valence-electron chi connectivity index (χ0n) is 64.4. The molecule has 0 fully saturated rings. The Morgan fingerprint density at radius 3 is 0.724 bits per heavy atom. The topological polar surface area (TPSA) is 237 Å². The third-order valence-electron chi connectivity index (χ3n) is 19.0. The number of phosphoric acid groups is 2. The summed E-state index contributed by atoms with van der Waals surface area (Å²) in [6.45, 7) is 14.2. The number of phosphoric ester groups is 2. The van der Waals surface area contributed by atoms with Crippen LogP contribution in [0.25, 0.3) is 0 Å². The fourth-order valence-electron chi connectivity index (χ4n) is 12.0. The Bertz CT molecular complexity index is 1920. The van der Waals surface area contributed by atoms with Crippen LogP contribution in [0.5, 0.6) is 0 Å². The zero-order valence-corrected chi connectivity index (χ0v) is 66.2. The van der Waals surface area contributed by atoms with Gasteiger partial charge in [-0.1, -0.05) is 351 Å². The molecule has 0 aliphatic heterocycles. The molecule has 7 atom stereocenters. The molecule has 0 aliphatic carbocycles. The number of aliphatic hydroxyl groups excluding tert-OH is 1. The van der Waals surface area contributed by atoms with Gasteiger partial charge in [-0.3, -0.25) is 37.3 Å². The van der Waals surface area contributed by atoms with Crippen molar-refractivity contribution in [2.45, 2.75) is 420 Å². The quantitative estimate of drug-likeness (QED) is 0.0222. The molecule has 0 rings (SSSR count). The highest BCUT2D eigenvalue weighted by Gasteiger charge is 2.30. The minimum atomic E-state index is -4.96. The van der Waals surface area contributed by atoms with E-state index in [0.29, 0.717) is 25.7 Å². The third kappa shape index (κ3) is 69.8. The van der Waals surface area contributed by atoms with E-state index in [1.54, 1.807) is 0 Å². The van der Waals surface area contributed by atoms with Crippen LogP contribution in [0.3, 0.4) is 0 Å². The molecule has 0 aromatic heterocycles. The third-order valence-corrected chi connectivity index (χ3v) is 20.9. The maximum atomic E-state index is 13.1. The molecule has 3 N–H and O–H groups in total. The first-order valence-corrected chi connectivity index (χ1v) is 43.8. The van der Waals surface area contributed by atoms with E-state index in [1.165, 1.54) is 199 Å². The molecule has 17 nitrogen and oxygen atoms in total. The number of carbonyl (C=O) groups is 4. The fourth-order valence-corrected chi connectivity index (χ4v) is 13.6. The Kier molecular flexibility index (Phi) is 66.8. The predicted octanol–water partition coefficient (Wildman–Crippen LogP) is 23.2. The number of rotatable bonds is 76. The van der Waals surface area contributed by atoms with Crippen molar-refractivity contribution in [1.29, 1.82) is 0 Å². The Labute approximate surface area is 600 Å². The average molecular weight is 1440 g/mol. The van der Waals surface area contributed by atoms with Crippen LogP contribution in [-0.2, 0) is 65.4 Å². The van der Waals surface area contributed by atoms with Gasteiger partial charge < -0.3 is 33.8 Å². The van der Waals surface area contributed by atoms with Gasteiger partial charge in [-0.2, -0.15) is 0 Å². The number of aliphatic hydroxyl groups is 1. The standard InChI is InChI=1S/C79H154O17P2/c1-9-71(7)57-49-41-33-26-22-18-15-16-19-23-27-34-43-51-59-76(81)89-65-74(95-78(83)61-53-45-35-28-24-20-14-12-11-13-17-21-25-31-39-47-55-69(3)4)67-93-97(85,86)91-63-73(80)64-92-98(87,88)94-68-75(66-90-77(82)60-52-44-38-37-42-50-58-72(8)10-2)96-79(84)62-54-46-36-30-29-32-40-48-56-70(5)6/h69-75,80H,9-68H2,1-8H3,(H,85,86)(H,87,88)/t71?,72?,73-,74-,75-/m1/s1. The van der Waals surface area contributed by atoms with Crippen LogP contribution in [0, 0.1) is 23.7 Å². The summed E-state index contributed by atoms with van der Waals surface area (Å²) < 4.78 is 68.6. The first-order valence-electron chi connectivity index (χ1n) is 40.8. The van der Waals surface area contributed by atoms with E-state index >= 15 is 0 Å². The number of esters is 4. The highest BCUT2D eigenvalue weighted by molar-refractivity contribution is 7.47. The maximum absolute atomic E-state index is 13.1. The lowest BCUT2D eigenvalue weighted by Gasteiger charge is -2.21. The van der Waals surface area contributed by atoms with Gasteiger partial charge in [0, 0.05) is 25.7 Å². The SMILES string of the molecule is CCC(C)CCCCCCCCCCCCCCCCC(=O)OC[C@H](COP(=O)(O)OC[C@@H](O)COP(=O)(O)OC[C@@H](COC(=O)CCCCCCCCC(C)CC)OC(=O)CCCCCCCCCCC(C)C)OC(=O)CCCCCCCCCCCCCCCCCCC(C)C. The molecular weight excluding hydrogens is 1280 g/mol. The molecule has 0 amide bonds. The molecule has 0 bridgehead atoms. The van der Waals surface area contributed by atoms with E-state index < -0.39 is 97.5 Å². The van der Waals surface area contributed by atoms with Gasteiger partial charge in [-0.05, 0) is 49.4 Å². The van der Waals surface area contributed by atoms with Gasteiger partial charge >= 0.3 is 39.5 Å². The summed E-state index contributed by atoms with van der Waals surface area (Å²) in [7, 11) is -9.92. The summed E-state index contributed by atoms with van der Waals surface area (Å²) in [5, 5.41) is 10.6. The molecular formula is C79H154O17P2. The Balaban J connectivity index is 5.23. The minimum absolute atomic E-state index is 0.103. The summed E-state index contributed by atoms with van der Waals surface area (Å²) in [5.41, 5.74) is 0. The minimum Gasteiger partial charge on any atom is -0.462 e. The Hall–Kier alpha value is -1.94. The molecule has 4 unspecified atom stereocenters. The lowest BCUT2D eigenvalue weighted by molar-refractivity contribution is -0.161. The van der Waals surface area contributed by atoms with Gasteiger partial charge in [0.05, 0.1) is 26.4 Å². The highest BCUT2D eigenvalue weighted by atomic mass is 31.2. The van der Waals surface area contributed by atoms with Gasteiger partial charge in [-0.25, -0.2) is 9.13 Å². The second kappa shape index (κ2) is 68.2. The molecule has 0 saturated carbocycles. The zero-order chi connectivity index (χ0) is 72.4. The first-order chi connectivity index (χ1) is 47.2. The fraction of sp³-hybridized carbons (Fsp3) is 0.949. The van der Waals surface area contributed by atoms with E-state index in [1.807, 2.05) is 0 Å². The number of hydrogen-bond acceptors (Lipinski definition) is 15. The summed E-state index contributed by atoms with van der Waals surface area (Å²) in [4.78, 5) is 72.9. The second-order valence-electron chi connectivity index (χ2n) is 29.9. The van der Waals surface area contributed by atoms with Crippen molar-refractivity contribution in [3.8, 4) is 0 Å². The number of hydrogen-bond donors (Lipinski definition) is 3. The Morgan fingerprint density at radius 2 is 0.490 bits per heavy atom. The van der Waals surface area contributed by atoms with Gasteiger partial charge in [-0.15, -0.1) is 0 Å². The van der Waals surface area contributed by atoms with Gasteiger partial charge in [0.25, 0.3) is 0 Å². The molecule has 98 heavy (non-hydrogen) atoms. The number of ether oxygens (including phenoxy) is 4. The van der Waals surface area contributed by atoms with Crippen molar-refractivity contribution < 1.29 is 80.2 Å². The van der Waals surface area contributed by atoms with E-state index in [2.05, 4.69) is 55.4 Å². The van der Waals surface area contributed by atoms with Crippen molar-refractivity contribution in [1.82, 2.24) is 0 Å². The molecule has 0 heterocycles. The van der Waals surface area contributed by atoms with Crippen molar-refractivity contribution in [2.75, 3.05) is 39.6 Å². The highest BCUT2D eigenvalue weighted by Crippen LogP contribution is 2.45. The normalized spacial score (nSPS) is 14.6. The van der Waals surface area contributed by atoms with Crippen LogP contribution in [0.2, 0.25) is 0 Å². The smallest absolute Gasteiger partial charge is 0.462 e. The van der Waals surface area contributed by atoms with Crippen LogP contribution < -0.4 is 0 Å². The van der Waals surface area contributed by atoms with Gasteiger partial charge in [0.2, 0.25) is 0 Å². The molecule has 0 spiro atoms. The maximum Gasteiger partial charge on any atom is 0.472 e. The van der Waals surface area contributed by atoms with Gasteiger partial charge in [0.15, 0.2) is 12.2 Å². The van der Waals surface area contributed by atoms with E-state index in [9.17, 15) is 43.2 Å². The van der Waals surface area contributed by atoms with Crippen LogP contribution in [-0.4, -0.2) is 96.7 Å². The van der Waals surface area contributed by atoms with E-state index in [0.717, 1.165) is 120 Å². The largest absolute Gasteiger partial charge is 0.472 e. The van der Waals surface area contributed by atoms with Crippen LogP contribution in [0.15, 0.2) is 0 Å². The molecule has 0 aliphatic rings. The number of unbranched alkanes of at least 4 members (excludes halogenated alkanes) is 40. The average Bonchev–Trinajstić information content (AvgIpc) is 1.12. The Morgan fingerprint density at radius 1 is 0.286 bits per heavy atom. The van der Waals surface area contributed by atoms with Crippen molar-refractivity contribution in [2.24, 2.45) is 23.7 Å². The summed E-state index contributed by atoms with van der Waals surface area (Å²) in [5.74, 6) is 0.989. The molecule has 582 valence electrons. The second-order valence-corrected chi connectivity index (χ2v) is 32.8. The lowest BCUT2D eigenvalue weighted by atomic mass is 9.99. The first kappa shape index (κ1) is 96.1. The lowest BCUT2D eigenvalue weighted by Crippen LogP contribution is -2.30. The molecule has 0 radical (unpaired) electrons. The summed E-state index contributed by atoms with van der Waals surface area (Å²) in [6.07, 6.45) is 54.2.